The van der Waals surface area contributed by atoms with Crippen molar-refractivity contribution in [3.63, 3.8) is 0 Å². The van der Waals surface area contributed by atoms with Gasteiger partial charge in [-0.05, 0) is 68.1 Å². The lowest BCUT2D eigenvalue weighted by Gasteiger charge is -2.35. The molecule has 150 valence electrons. The minimum atomic E-state index is -0.256. The van der Waals surface area contributed by atoms with Crippen LogP contribution in [0.3, 0.4) is 0 Å². The third kappa shape index (κ3) is 3.13. The van der Waals surface area contributed by atoms with Crippen LogP contribution < -0.4 is 0 Å². The predicted octanol–water partition coefficient (Wildman–Crippen LogP) is 3.71. The maximum atomic E-state index is 13.5. The minimum Gasteiger partial charge on any atom is -0.341 e. The zero-order valence-corrected chi connectivity index (χ0v) is 16.4. The largest absolute Gasteiger partial charge is 0.341 e. The second-order valence-electron chi connectivity index (χ2n) is 9.14. The molecule has 0 aromatic heterocycles. The summed E-state index contributed by atoms with van der Waals surface area (Å²) in [6, 6.07) is 6.53. The highest BCUT2D eigenvalue weighted by Crippen LogP contribution is 2.51. The zero-order valence-electron chi connectivity index (χ0n) is 16.4. The van der Waals surface area contributed by atoms with Gasteiger partial charge in [-0.3, -0.25) is 9.59 Å². The molecule has 5 heteroatoms. The number of likely N-dealkylation sites (tertiary alicyclic amines) is 2. The average molecular weight is 384 g/mol. The summed E-state index contributed by atoms with van der Waals surface area (Å²) in [6.45, 7) is 1.68. The summed E-state index contributed by atoms with van der Waals surface area (Å²) in [6.07, 6.45) is 8.38. The van der Waals surface area contributed by atoms with Crippen LogP contribution in [0.2, 0.25) is 0 Å². The molecule has 5 atom stereocenters. The van der Waals surface area contributed by atoms with Crippen LogP contribution >= 0.6 is 0 Å². The molecule has 2 aliphatic carbocycles. The van der Waals surface area contributed by atoms with E-state index in [4.69, 9.17) is 0 Å². The summed E-state index contributed by atoms with van der Waals surface area (Å²) in [7, 11) is 0. The van der Waals surface area contributed by atoms with Gasteiger partial charge in [-0.2, -0.15) is 0 Å². The predicted molar refractivity (Wildman–Crippen MR) is 104 cm³/mol. The molecule has 0 spiro atoms. The lowest BCUT2D eigenvalue weighted by atomic mass is 9.84. The normalized spacial score (nSPS) is 34.4. The number of hydrogen-bond acceptors (Lipinski definition) is 2. The molecule has 4 fully saturated rings. The van der Waals surface area contributed by atoms with Gasteiger partial charge in [0.05, 0.1) is 0 Å². The number of fused-ring (bicyclic) bond motifs is 1. The van der Waals surface area contributed by atoms with E-state index in [0.717, 1.165) is 63.6 Å². The first-order chi connectivity index (χ1) is 13.6. The van der Waals surface area contributed by atoms with Crippen molar-refractivity contribution in [2.75, 3.05) is 13.1 Å². The summed E-state index contributed by atoms with van der Waals surface area (Å²) in [4.78, 5) is 30.7. The lowest BCUT2D eigenvalue weighted by Crippen LogP contribution is -2.50. The Morgan fingerprint density at radius 3 is 2.36 bits per heavy atom. The second kappa shape index (κ2) is 7.16. The van der Waals surface area contributed by atoms with Gasteiger partial charge in [0, 0.05) is 25.0 Å². The van der Waals surface area contributed by atoms with Gasteiger partial charge in [0.15, 0.2) is 0 Å². The Labute approximate surface area is 166 Å². The highest BCUT2D eigenvalue weighted by Gasteiger charge is 2.54. The molecule has 4 aliphatic rings. The SMILES string of the molecule is O=C(C1CC2CCCCC2N1C(=O)C1CC1c1ccc(F)cc1)N1CCCC1. The molecule has 0 bridgehead atoms. The highest BCUT2D eigenvalue weighted by molar-refractivity contribution is 5.91. The van der Waals surface area contributed by atoms with Gasteiger partial charge in [-0.15, -0.1) is 0 Å². The van der Waals surface area contributed by atoms with E-state index in [1.807, 2.05) is 9.80 Å². The number of carbonyl (C=O) groups excluding carboxylic acids is 2. The van der Waals surface area contributed by atoms with Gasteiger partial charge >= 0.3 is 0 Å². The van der Waals surface area contributed by atoms with E-state index in [1.165, 1.54) is 18.6 Å². The molecule has 4 nitrogen and oxygen atoms in total. The molecule has 1 aromatic rings. The number of amides is 2. The third-order valence-corrected chi connectivity index (χ3v) is 7.45. The Hall–Kier alpha value is -1.91. The Morgan fingerprint density at radius 1 is 0.893 bits per heavy atom. The van der Waals surface area contributed by atoms with Gasteiger partial charge in [0.2, 0.25) is 11.8 Å². The van der Waals surface area contributed by atoms with Gasteiger partial charge < -0.3 is 9.80 Å². The van der Waals surface area contributed by atoms with Crippen LogP contribution in [0.15, 0.2) is 24.3 Å². The number of carbonyl (C=O) groups is 2. The van der Waals surface area contributed by atoms with E-state index in [-0.39, 0.29) is 41.6 Å². The fourth-order valence-corrected chi connectivity index (χ4v) is 5.88. The molecule has 0 radical (unpaired) electrons. The van der Waals surface area contributed by atoms with Crippen molar-refractivity contribution in [1.29, 1.82) is 0 Å². The molecule has 1 aromatic carbocycles. The van der Waals surface area contributed by atoms with Crippen LogP contribution in [-0.4, -0.2) is 46.8 Å². The van der Waals surface area contributed by atoms with Crippen molar-refractivity contribution in [3.8, 4) is 0 Å². The van der Waals surface area contributed by atoms with Crippen molar-refractivity contribution >= 4 is 11.8 Å². The van der Waals surface area contributed by atoms with Crippen molar-refractivity contribution < 1.29 is 14.0 Å². The quantitative estimate of drug-likeness (QED) is 0.797. The molecule has 2 amide bonds. The molecule has 2 heterocycles. The zero-order chi connectivity index (χ0) is 19.3. The van der Waals surface area contributed by atoms with Gasteiger partial charge in [0.1, 0.15) is 11.9 Å². The molecule has 2 saturated heterocycles. The maximum Gasteiger partial charge on any atom is 0.245 e. The minimum absolute atomic E-state index is 0.0417. The summed E-state index contributed by atoms with van der Waals surface area (Å²) < 4.78 is 13.2. The highest BCUT2D eigenvalue weighted by atomic mass is 19.1. The Morgan fingerprint density at radius 2 is 1.61 bits per heavy atom. The number of rotatable bonds is 3. The van der Waals surface area contributed by atoms with Gasteiger partial charge in [-0.1, -0.05) is 25.0 Å². The standard InChI is InChI=1S/C23H29FN2O2/c24-17-9-7-15(8-10-17)18-14-19(18)22(27)26-20-6-2-1-5-16(20)13-21(26)23(28)25-11-3-4-12-25/h7-10,16,18-21H,1-6,11-14H2. The topological polar surface area (TPSA) is 40.6 Å². The number of nitrogens with zero attached hydrogens (tertiary/aromatic N) is 2. The van der Waals surface area contributed by atoms with Crippen molar-refractivity contribution in [3.05, 3.63) is 35.6 Å². The van der Waals surface area contributed by atoms with Crippen LogP contribution in [0.25, 0.3) is 0 Å². The van der Waals surface area contributed by atoms with Crippen molar-refractivity contribution in [1.82, 2.24) is 9.80 Å². The van der Waals surface area contributed by atoms with E-state index in [9.17, 15) is 14.0 Å². The fourth-order valence-electron chi connectivity index (χ4n) is 5.88. The van der Waals surface area contributed by atoms with Crippen LogP contribution in [0.5, 0.6) is 0 Å². The number of benzene rings is 1. The second-order valence-corrected chi connectivity index (χ2v) is 9.14. The van der Waals surface area contributed by atoms with Crippen LogP contribution in [0.1, 0.15) is 62.8 Å². The Balaban J connectivity index is 1.36. The lowest BCUT2D eigenvalue weighted by molar-refractivity contribution is -0.146. The molecule has 5 unspecified atom stereocenters. The Bertz CT molecular complexity index is 758. The van der Waals surface area contributed by atoms with E-state index in [1.54, 1.807) is 12.1 Å². The fraction of sp³-hybridized carbons (Fsp3) is 0.652. The summed E-state index contributed by atoms with van der Waals surface area (Å²) in [5, 5.41) is 0. The molecular formula is C23H29FN2O2. The van der Waals surface area contributed by atoms with Gasteiger partial charge in [0.25, 0.3) is 0 Å². The number of halogens is 1. The molecule has 28 heavy (non-hydrogen) atoms. The molecule has 2 aliphatic heterocycles. The van der Waals surface area contributed by atoms with Crippen LogP contribution in [0.4, 0.5) is 4.39 Å². The first-order valence-electron chi connectivity index (χ1n) is 11.0. The van der Waals surface area contributed by atoms with E-state index in [0.29, 0.717) is 5.92 Å². The Kier molecular flexibility index (Phi) is 4.64. The molecular weight excluding hydrogens is 355 g/mol. The summed E-state index contributed by atoms with van der Waals surface area (Å²) >= 11 is 0. The molecule has 5 rings (SSSR count). The van der Waals surface area contributed by atoms with E-state index < -0.39 is 0 Å². The maximum absolute atomic E-state index is 13.5. The van der Waals surface area contributed by atoms with Gasteiger partial charge in [-0.25, -0.2) is 4.39 Å². The third-order valence-electron chi connectivity index (χ3n) is 7.45. The number of hydrogen-bond donors (Lipinski definition) is 0. The van der Waals surface area contributed by atoms with E-state index in [2.05, 4.69) is 0 Å². The van der Waals surface area contributed by atoms with Crippen LogP contribution in [0, 0.1) is 17.7 Å². The first-order valence-corrected chi connectivity index (χ1v) is 11.0. The average Bonchev–Trinajstić information content (AvgIpc) is 3.14. The summed E-state index contributed by atoms with van der Waals surface area (Å²) in [5.41, 5.74) is 1.04. The summed E-state index contributed by atoms with van der Waals surface area (Å²) in [5.74, 6) is 0.726. The first kappa shape index (κ1) is 18.1. The van der Waals surface area contributed by atoms with Crippen molar-refractivity contribution in [2.45, 2.75) is 69.4 Å². The molecule has 0 N–H and O–H groups in total. The van der Waals surface area contributed by atoms with E-state index >= 15 is 0 Å². The smallest absolute Gasteiger partial charge is 0.245 e. The van der Waals surface area contributed by atoms with Crippen molar-refractivity contribution in [2.24, 2.45) is 11.8 Å². The van der Waals surface area contributed by atoms with Crippen LogP contribution in [-0.2, 0) is 9.59 Å². The monoisotopic (exact) mass is 384 g/mol. The molecule has 2 saturated carbocycles.